The topological polar surface area (TPSA) is 194 Å². The Kier molecular flexibility index (Phi) is 16.7. The lowest BCUT2D eigenvalue weighted by Gasteiger charge is -2.14. The molecule has 55 heavy (non-hydrogen) atoms. The van der Waals surface area contributed by atoms with Crippen LogP contribution in [0, 0.1) is 22.7 Å². The van der Waals surface area contributed by atoms with Crippen molar-refractivity contribution in [2.75, 3.05) is 17.2 Å². The molecule has 16 heteroatoms. The number of aliphatic carboxylic acids is 2. The Morgan fingerprint density at radius 1 is 0.636 bits per heavy atom. The zero-order chi connectivity index (χ0) is 40.8. The maximum Gasteiger partial charge on any atom is 0.322 e. The van der Waals surface area contributed by atoms with E-state index in [9.17, 15) is 24.9 Å². The smallest absolute Gasteiger partial charge is 0.322 e. The average Bonchev–Trinajstić information content (AvgIpc) is 3.09. The summed E-state index contributed by atoms with van der Waals surface area (Å²) in [7, 11) is 0. The number of hydrogen-bond donors (Lipinski definition) is 5. The number of ether oxygens (including phenoxy) is 2. The van der Waals surface area contributed by atoms with E-state index in [4.69, 9.17) is 66.1 Å². The molecule has 0 heterocycles. The van der Waals surface area contributed by atoms with Gasteiger partial charge in [-0.25, -0.2) is 0 Å². The van der Waals surface area contributed by atoms with Crippen LogP contribution in [0.5, 0.6) is 11.5 Å². The van der Waals surface area contributed by atoms with Gasteiger partial charge in [-0.2, -0.15) is 10.5 Å². The van der Waals surface area contributed by atoms with Crippen molar-refractivity contribution in [1.29, 1.82) is 10.5 Å². The lowest BCUT2D eigenvalue weighted by Crippen LogP contribution is -2.29. The first-order chi connectivity index (χ1) is 26.0. The van der Waals surface area contributed by atoms with Crippen molar-refractivity contribution in [1.82, 2.24) is 5.32 Å². The highest BCUT2D eigenvalue weighted by atomic mass is 35.5. The molecule has 0 aliphatic rings. The highest BCUT2D eigenvalue weighted by Gasteiger charge is 2.16. The summed E-state index contributed by atoms with van der Waals surface area (Å²) in [4.78, 5) is 33.3. The van der Waals surface area contributed by atoms with E-state index in [-0.39, 0.29) is 68.9 Å². The van der Waals surface area contributed by atoms with E-state index in [0.29, 0.717) is 16.7 Å². The molecule has 0 bridgehead atoms. The summed E-state index contributed by atoms with van der Waals surface area (Å²) < 4.78 is 11.4. The molecule has 0 aromatic heterocycles. The van der Waals surface area contributed by atoms with Gasteiger partial charge in [0.2, 0.25) is 0 Å². The number of anilines is 2. The number of nitriles is 2. The van der Waals surface area contributed by atoms with Crippen LogP contribution in [0.15, 0.2) is 60.7 Å². The van der Waals surface area contributed by atoms with E-state index in [1.165, 1.54) is 24.3 Å². The second-order valence-electron chi connectivity index (χ2n) is 12.5. The third-order valence-electron chi connectivity index (χ3n) is 6.99. The van der Waals surface area contributed by atoms with E-state index in [0.717, 1.165) is 22.5 Å². The summed E-state index contributed by atoms with van der Waals surface area (Å²) in [6.45, 7) is 7.74. The third-order valence-corrected chi connectivity index (χ3v) is 8.12. The van der Waals surface area contributed by atoms with Crippen LogP contribution in [0.2, 0.25) is 20.1 Å². The number of hydrogen-bond acceptors (Lipinski definition) is 9. The average molecular weight is 830 g/mol. The number of halogens is 4. The molecule has 288 valence electrons. The Labute approximate surface area is 338 Å². The maximum absolute atomic E-state index is 12.0. The van der Waals surface area contributed by atoms with Gasteiger partial charge in [0.05, 0.1) is 49.8 Å². The predicted octanol–water partition coefficient (Wildman–Crippen LogP) is 8.97. The number of carbonyl (C=O) groups excluding carboxylic acids is 1. The Bertz CT molecular complexity index is 2080. The Balaban J connectivity index is 0.000000297. The molecule has 0 atom stereocenters. The normalized spacial score (nSPS) is 10.4. The van der Waals surface area contributed by atoms with Crippen molar-refractivity contribution < 1.29 is 34.1 Å². The number of amides is 1. The quantitative estimate of drug-likeness (QED) is 0.0768. The summed E-state index contributed by atoms with van der Waals surface area (Å²) in [5.74, 6) is -2.29. The van der Waals surface area contributed by atoms with Gasteiger partial charge < -0.3 is 35.6 Å². The molecular formula is C39H37Cl4N5O7. The van der Waals surface area contributed by atoms with Gasteiger partial charge >= 0.3 is 11.9 Å². The van der Waals surface area contributed by atoms with Gasteiger partial charge in [-0.3, -0.25) is 14.4 Å². The largest absolute Gasteiger partial charge is 0.486 e. The molecule has 12 nitrogen and oxygen atoms in total. The molecule has 0 fully saturated rings. The van der Waals surface area contributed by atoms with Crippen LogP contribution < -0.4 is 25.4 Å². The summed E-state index contributed by atoms with van der Waals surface area (Å²) >= 11 is 24.7. The van der Waals surface area contributed by atoms with Crippen LogP contribution in [-0.4, -0.2) is 46.7 Å². The van der Waals surface area contributed by atoms with Gasteiger partial charge in [-0.1, -0.05) is 46.4 Å². The number of carbonyl (C=O) groups is 3. The molecule has 0 spiro atoms. The lowest BCUT2D eigenvalue weighted by atomic mass is 10.1. The van der Waals surface area contributed by atoms with Crippen molar-refractivity contribution in [2.45, 2.75) is 59.4 Å². The molecule has 0 saturated carbocycles. The second-order valence-corrected chi connectivity index (χ2v) is 14.2. The number of carboxylic acid groups (broad SMARTS) is 2. The zero-order valence-corrected chi connectivity index (χ0v) is 33.1. The van der Waals surface area contributed by atoms with E-state index in [2.05, 4.69) is 28.1 Å². The number of benzene rings is 4. The minimum absolute atomic E-state index is 0.103. The van der Waals surface area contributed by atoms with E-state index >= 15 is 0 Å². The molecule has 0 unspecified atom stereocenters. The first-order valence-electron chi connectivity index (χ1n) is 16.5. The fourth-order valence-corrected chi connectivity index (χ4v) is 6.18. The summed E-state index contributed by atoms with van der Waals surface area (Å²) in [5.41, 5.74) is 4.75. The van der Waals surface area contributed by atoms with E-state index < -0.39 is 24.4 Å². The molecule has 4 aromatic carbocycles. The first-order valence-corrected chi connectivity index (χ1v) is 18.0. The SMILES string of the molecule is CC(C)Nc1cc(C#N)cc(COc2c(Cl)cc(C(=O)NCC(=O)O)cc2Cl)c1.CC(C)Nc1cc(C#N)cc(COc2c(Cl)cc(CC(=O)O)cc2Cl)c1. The molecular weight excluding hydrogens is 792 g/mol. The van der Waals surface area contributed by atoms with Crippen molar-refractivity contribution >= 4 is 75.6 Å². The van der Waals surface area contributed by atoms with Gasteiger partial charge in [0, 0.05) is 29.0 Å². The maximum atomic E-state index is 12.0. The van der Waals surface area contributed by atoms with Gasteiger partial charge in [0.15, 0.2) is 11.5 Å². The number of rotatable bonds is 15. The van der Waals surface area contributed by atoms with E-state index in [1.54, 1.807) is 24.3 Å². The Morgan fingerprint density at radius 2 is 1.05 bits per heavy atom. The highest BCUT2D eigenvalue weighted by molar-refractivity contribution is 6.38. The van der Waals surface area contributed by atoms with Crippen molar-refractivity contribution in [3.05, 3.63) is 114 Å². The van der Waals surface area contributed by atoms with E-state index in [1.807, 2.05) is 39.8 Å². The minimum atomic E-state index is -1.17. The van der Waals surface area contributed by atoms with Crippen LogP contribution >= 0.6 is 46.4 Å². The van der Waals surface area contributed by atoms with Crippen LogP contribution in [0.4, 0.5) is 11.4 Å². The highest BCUT2D eigenvalue weighted by Crippen LogP contribution is 2.36. The van der Waals surface area contributed by atoms with Gasteiger partial charge in [-0.05, 0) is 105 Å². The Hall–Kier alpha value is -5.37. The van der Waals surface area contributed by atoms with Gasteiger partial charge in [0.1, 0.15) is 19.8 Å². The molecule has 0 saturated heterocycles. The van der Waals surface area contributed by atoms with Crippen molar-refractivity contribution in [3.8, 4) is 23.6 Å². The molecule has 1 amide bonds. The summed E-state index contributed by atoms with van der Waals surface area (Å²) in [5, 5.41) is 45.3. The number of nitrogens with zero attached hydrogens (tertiary/aromatic N) is 2. The zero-order valence-electron chi connectivity index (χ0n) is 30.1. The number of nitrogens with one attached hydrogen (secondary N) is 3. The molecule has 0 aliphatic heterocycles. The molecule has 0 aliphatic carbocycles. The van der Waals surface area contributed by atoms with Crippen LogP contribution in [0.1, 0.15) is 65.9 Å². The van der Waals surface area contributed by atoms with Crippen LogP contribution in [0.25, 0.3) is 0 Å². The molecule has 5 N–H and O–H groups in total. The predicted molar refractivity (Wildman–Crippen MR) is 213 cm³/mol. The molecule has 4 aromatic rings. The number of carboxylic acids is 2. The first kappa shape index (κ1) is 44.0. The monoisotopic (exact) mass is 827 g/mol. The van der Waals surface area contributed by atoms with Crippen molar-refractivity contribution in [2.24, 2.45) is 0 Å². The molecule has 0 radical (unpaired) electrons. The molecule has 4 rings (SSSR count). The summed E-state index contributed by atoms with van der Waals surface area (Å²) in [6.07, 6.45) is -0.172. The summed E-state index contributed by atoms with van der Waals surface area (Å²) in [6, 6.07) is 21.1. The minimum Gasteiger partial charge on any atom is -0.486 e. The fraction of sp³-hybridized carbons (Fsp3) is 0.256. The van der Waals surface area contributed by atoms with Gasteiger partial charge in [-0.15, -0.1) is 0 Å². The second kappa shape index (κ2) is 20.9. The van der Waals surface area contributed by atoms with Crippen LogP contribution in [-0.2, 0) is 29.2 Å². The standard InChI is InChI=1S/C20H19Cl2N3O4.C19H18Cl2N2O3/c1-11(2)25-15-4-12(8-23)3-13(5-15)10-29-19-16(21)6-14(7-17(19)22)20(28)24-9-18(26)27;1-11(2)23-15-4-13(9-22)3-14(5-15)10-26-19-16(20)6-12(7-17(19)21)8-18(24)25/h3-7,11,25H,9-10H2,1-2H3,(H,24,28)(H,26,27);3-7,11,23H,8,10H2,1-2H3,(H,24,25). The van der Waals surface area contributed by atoms with Crippen molar-refractivity contribution in [3.63, 3.8) is 0 Å². The fourth-order valence-electron chi connectivity index (χ4n) is 4.94. The Morgan fingerprint density at radius 3 is 1.42 bits per heavy atom. The third kappa shape index (κ3) is 14.4. The lowest BCUT2D eigenvalue weighted by molar-refractivity contribution is -0.137. The van der Waals surface area contributed by atoms with Gasteiger partial charge in [0.25, 0.3) is 5.91 Å². The van der Waals surface area contributed by atoms with Crippen LogP contribution in [0.3, 0.4) is 0 Å².